The van der Waals surface area contributed by atoms with E-state index in [2.05, 4.69) is 69.0 Å². The Morgan fingerprint density at radius 3 is 2.50 bits per heavy atom. The average molecular weight is 385 g/mol. The van der Waals surface area contributed by atoms with Gasteiger partial charge in [-0.1, -0.05) is 0 Å². The van der Waals surface area contributed by atoms with Crippen LogP contribution in [0.25, 0.3) is 0 Å². The zero-order chi connectivity index (χ0) is 14.2. The molecule has 1 N–H and O–H groups in total. The van der Waals surface area contributed by atoms with Crippen molar-refractivity contribution in [3.05, 3.63) is 27.8 Å². The number of carbonyl (C=O) groups is 1. The zero-order valence-corrected chi connectivity index (χ0v) is 13.9. The molecule has 0 unspecified atom stereocenters. The number of benzene rings is 1. The van der Waals surface area contributed by atoms with Gasteiger partial charge in [0.15, 0.2) is 0 Å². The number of piperazine rings is 1. The maximum atomic E-state index is 12.1. The molecule has 2 saturated heterocycles. The fourth-order valence-electron chi connectivity index (χ4n) is 3.13. The van der Waals surface area contributed by atoms with Crippen molar-refractivity contribution in [1.82, 2.24) is 10.2 Å². The molecule has 0 bridgehead atoms. The quantitative estimate of drug-likeness (QED) is 0.748. The average Bonchev–Trinajstić information content (AvgIpc) is 2.43. The first-order valence-corrected chi connectivity index (χ1v) is 8.14. The minimum atomic E-state index is -0.0369. The predicted octanol–water partition coefficient (Wildman–Crippen LogP) is 1.69. The van der Waals surface area contributed by atoms with Crippen molar-refractivity contribution in [2.45, 2.75) is 18.4 Å². The summed E-state index contributed by atoms with van der Waals surface area (Å²) in [4.78, 5) is 16.7. The van der Waals surface area contributed by atoms with Gasteiger partial charge in [-0.25, -0.2) is 0 Å². The van der Waals surface area contributed by atoms with Gasteiger partial charge >= 0.3 is 0 Å². The molecule has 0 aliphatic carbocycles. The summed E-state index contributed by atoms with van der Waals surface area (Å²) < 4.78 is 1.22. The van der Waals surface area contributed by atoms with E-state index in [9.17, 15) is 4.79 Å². The number of nitrogens with zero attached hydrogens (tertiary/aromatic N) is 2. The predicted molar refractivity (Wildman–Crippen MR) is 89.0 cm³/mol. The van der Waals surface area contributed by atoms with E-state index in [1.165, 1.54) is 3.57 Å². The van der Waals surface area contributed by atoms with Crippen molar-refractivity contribution in [1.29, 1.82) is 0 Å². The molecular formula is C15H20IN3O. The van der Waals surface area contributed by atoms with Crippen LogP contribution < -0.4 is 10.2 Å². The molecule has 3 rings (SSSR count). The summed E-state index contributed by atoms with van der Waals surface area (Å²) in [5.41, 5.74) is 1.11. The molecule has 0 atom stereocenters. The van der Waals surface area contributed by atoms with Crippen molar-refractivity contribution in [3.63, 3.8) is 0 Å². The van der Waals surface area contributed by atoms with E-state index in [1.54, 1.807) is 0 Å². The lowest BCUT2D eigenvalue weighted by atomic mass is 9.85. The van der Waals surface area contributed by atoms with Gasteiger partial charge in [-0.2, -0.15) is 0 Å². The molecule has 2 fully saturated rings. The number of piperidine rings is 1. The Labute approximate surface area is 133 Å². The highest BCUT2D eigenvalue weighted by Crippen LogP contribution is 2.28. The number of likely N-dealkylation sites (tertiary alicyclic amines) is 1. The summed E-state index contributed by atoms with van der Waals surface area (Å²) in [6.07, 6.45) is 2.08. The van der Waals surface area contributed by atoms with Crippen LogP contribution in [0.3, 0.4) is 0 Å². The van der Waals surface area contributed by atoms with Crippen LogP contribution >= 0.6 is 22.6 Å². The van der Waals surface area contributed by atoms with E-state index < -0.39 is 0 Å². The zero-order valence-electron chi connectivity index (χ0n) is 11.7. The number of hydrogen-bond acceptors (Lipinski definition) is 3. The van der Waals surface area contributed by atoms with E-state index in [-0.39, 0.29) is 11.4 Å². The second-order valence-electron chi connectivity index (χ2n) is 5.96. The number of carbonyl (C=O) groups excluding carboxylic acids is 1. The Balaban J connectivity index is 1.79. The molecule has 1 amide bonds. The third-order valence-electron chi connectivity index (χ3n) is 4.37. The molecule has 1 aromatic rings. The fraction of sp³-hybridized carbons (Fsp3) is 0.533. The van der Waals surface area contributed by atoms with E-state index in [1.807, 2.05) is 0 Å². The van der Waals surface area contributed by atoms with Gasteiger partial charge in [-0.05, 0) is 66.7 Å². The largest absolute Gasteiger partial charge is 0.360 e. The number of rotatable bonds is 1. The maximum Gasteiger partial charge on any atom is 0.240 e. The van der Waals surface area contributed by atoms with Gasteiger partial charge in [0.2, 0.25) is 5.91 Å². The molecule has 4 nitrogen and oxygen atoms in total. The number of nitrogens with one attached hydrogen (secondary N) is 1. The highest BCUT2D eigenvalue weighted by atomic mass is 127. The minimum absolute atomic E-state index is 0.0369. The van der Waals surface area contributed by atoms with Crippen LogP contribution in [-0.2, 0) is 4.79 Å². The molecule has 2 aliphatic rings. The first-order valence-electron chi connectivity index (χ1n) is 7.06. The standard InChI is InChI=1S/C15H20IN3O/c1-18-8-6-15(7-9-18)11-19(10-14(20)17-15)13-4-2-12(16)3-5-13/h2-5H,6-11H2,1H3,(H,17,20). The van der Waals surface area contributed by atoms with Crippen molar-refractivity contribution < 1.29 is 4.79 Å². The van der Waals surface area contributed by atoms with Crippen LogP contribution in [-0.4, -0.2) is 49.6 Å². The molecule has 0 radical (unpaired) electrons. The lowest BCUT2D eigenvalue weighted by molar-refractivity contribution is -0.123. The lowest BCUT2D eigenvalue weighted by Crippen LogP contribution is -2.66. The SMILES string of the molecule is CN1CCC2(CC1)CN(c1ccc(I)cc1)CC(=O)N2. The maximum absolute atomic E-state index is 12.1. The number of amides is 1. The summed E-state index contributed by atoms with van der Waals surface area (Å²) in [7, 11) is 2.15. The van der Waals surface area contributed by atoms with E-state index in [0.717, 1.165) is 38.2 Å². The van der Waals surface area contributed by atoms with Crippen molar-refractivity contribution in [2.75, 3.05) is 38.1 Å². The lowest BCUT2D eigenvalue weighted by Gasteiger charge is -2.47. The van der Waals surface area contributed by atoms with Gasteiger partial charge in [0.25, 0.3) is 0 Å². The molecule has 20 heavy (non-hydrogen) atoms. The monoisotopic (exact) mass is 385 g/mol. The van der Waals surface area contributed by atoms with Gasteiger partial charge < -0.3 is 15.1 Å². The molecule has 2 heterocycles. The Bertz CT molecular complexity index is 494. The van der Waals surface area contributed by atoms with Gasteiger partial charge in [0.05, 0.1) is 12.1 Å². The van der Waals surface area contributed by atoms with E-state index in [4.69, 9.17) is 0 Å². The van der Waals surface area contributed by atoms with Crippen LogP contribution in [0, 0.1) is 3.57 Å². The van der Waals surface area contributed by atoms with Crippen LogP contribution in [0.1, 0.15) is 12.8 Å². The normalized spacial score (nSPS) is 22.9. The Hall–Kier alpha value is -0.820. The third-order valence-corrected chi connectivity index (χ3v) is 5.09. The first kappa shape index (κ1) is 14.1. The highest BCUT2D eigenvalue weighted by Gasteiger charge is 2.40. The number of hydrogen-bond donors (Lipinski definition) is 1. The third kappa shape index (κ3) is 2.93. The summed E-state index contributed by atoms with van der Waals surface area (Å²) in [6.45, 7) is 3.51. The van der Waals surface area contributed by atoms with Crippen LogP contribution in [0.2, 0.25) is 0 Å². The Morgan fingerprint density at radius 2 is 1.85 bits per heavy atom. The number of halogens is 1. The van der Waals surface area contributed by atoms with Crippen molar-refractivity contribution in [2.24, 2.45) is 0 Å². The molecule has 1 aromatic carbocycles. The van der Waals surface area contributed by atoms with Gasteiger partial charge in [0.1, 0.15) is 0 Å². The second kappa shape index (κ2) is 5.52. The van der Waals surface area contributed by atoms with Crippen molar-refractivity contribution in [3.8, 4) is 0 Å². The fourth-order valence-corrected chi connectivity index (χ4v) is 3.49. The number of anilines is 1. The molecular weight excluding hydrogens is 365 g/mol. The van der Waals surface area contributed by atoms with Gasteiger partial charge in [-0.15, -0.1) is 0 Å². The molecule has 0 aromatic heterocycles. The summed E-state index contributed by atoms with van der Waals surface area (Å²) in [5, 5.41) is 3.25. The summed E-state index contributed by atoms with van der Waals surface area (Å²) >= 11 is 2.31. The van der Waals surface area contributed by atoms with Crippen molar-refractivity contribution >= 4 is 34.2 Å². The smallest absolute Gasteiger partial charge is 0.240 e. The molecule has 1 spiro atoms. The molecule has 5 heteroatoms. The molecule has 0 saturated carbocycles. The molecule has 2 aliphatic heterocycles. The van der Waals surface area contributed by atoms with Gasteiger partial charge in [-0.3, -0.25) is 4.79 Å². The molecule has 108 valence electrons. The topological polar surface area (TPSA) is 35.6 Å². The first-order chi connectivity index (χ1) is 9.56. The Morgan fingerprint density at radius 1 is 1.20 bits per heavy atom. The minimum Gasteiger partial charge on any atom is -0.360 e. The van der Waals surface area contributed by atoms with Crippen LogP contribution in [0.5, 0.6) is 0 Å². The van der Waals surface area contributed by atoms with E-state index >= 15 is 0 Å². The van der Waals surface area contributed by atoms with Crippen LogP contribution in [0.4, 0.5) is 5.69 Å². The van der Waals surface area contributed by atoms with E-state index in [0.29, 0.717) is 6.54 Å². The Kier molecular flexibility index (Phi) is 3.90. The second-order valence-corrected chi connectivity index (χ2v) is 7.21. The highest BCUT2D eigenvalue weighted by molar-refractivity contribution is 14.1. The van der Waals surface area contributed by atoms with Gasteiger partial charge in [0, 0.05) is 28.9 Å². The summed E-state index contributed by atoms with van der Waals surface area (Å²) in [6, 6.07) is 8.43. The summed E-state index contributed by atoms with van der Waals surface area (Å²) in [5.74, 6) is 0.152. The van der Waals surface area contributed by atoms with Crippen LogP contribution in [0.15, 0.2) is 24.3 Å².